The Morgan fingerprint density at radius 3 is 2.38 bits per heavy atom. The quantitative estimate of drug-likeness (QED) is 0.565. The summed E-state index contributed by atoms with van der Waals surface area (Å²) in [5.41, 5.74) is 1.51. The minimum atomic E-state index is -3.69. The van der Waals surface area contributed by atoms with E-state index < -0.39 is 10.0 Å². The fraction of sp³-hybridized carbons (Fsp3) is 0.261. The van der Waals surface area contributed by atoms with Crippen LogP contribution in [0.1, 0.15) is 11.6 Å². The Hall–Kier alpha value is -2.52. The summed E-state index contributed by atoms with van der Waals surface area (Å²) in [4.78, 5) is 8.60. The number of pyridine rings is 1. The van der Waals surface area contributed by atoms with E-state index in [1.165, 1.54) is 18.2 Å². The Kier molecular flexibility index (Phi) is 7.05. The van der Waals surface area contributed by atoms with Crippen LogP contribution in [0.25, 0.3) is 0 Å². The first kappa shape index (κ1) is 22.7. The van der Waals surface area contributed by atoms with Crippen LogP contribution in [-0.4, -0.2) is 51.0 Å². The molecule has 1 aliphatic heterocycles. The highest BCUT2D eigenvalue weighted by Crippen LogP contribution is 2.25. The summed E-state index contributed by atoms with van der Waals surface area (Å²) in [5.74, 6) is -0.236. The standard InChI is InChI=1S/C23H24ClFN4O2S/c24-19-7-9-20(10-8-19)32(30,31)27-17-23(18-4-3-11-26-16-18)29-14-12-28(13-15-29)22-6-2-1-5-21(22)25/h1-11,16,23,27H,12-15,17H2/t23-/m1/s1. The van der Waals surface area contributed by atoms with Gasteiger partial charge in [-0.15, -0.1) is 0 Å². The van der Waals surface area contributed by atoms with Gasteiger partial charge in [-0.25, -0.2) is 17.5 Å². The van der Waals surface area contributed by atoms with Crippen LogP contribution in [-0.2, 0) is 10.0 Å². The van der Waals surface area contributed by atoms with E-state index in [9.17, 15) is 12.8 Å². The smallest absolute Gasteiger partial charge is 0.240 e. The molecule has 32 heavy (non-hydrogen) atoms. The first-order chi connectivity index (χ1) is 15.4. The van der Waals surface area contributed by atoms with Crippen molar-refractivity contribution < 1.29 is 12.8 Å². The van der Waals surface area contributed by atoms with Crippen LogP contribution in [0.4, 0.5) is 10.1 Å². The lowest BCUT2D eigenvalue weighted by atomic mass is 10.1. The molecule has 1 aromatic heterocycles. The van der Waals surface area contributed by atoms with Crippen molar-refractivity contribution in [1.82, 2.24) is 14.6 Å². The summed E-state index contributed by atoms with van der Waals surface area (Å²) in [6.07, 6.45) is 3.44. The Morgan fingerprint density at radius 2 is 1.72 bits per heavy atom. The number of benzene rings is 2. The fourth-order valence-electron chi connectivity index (χ4n) is 3.90. The van der Waals surface area contributed by atoms with Gasteiger partial charge >= 0.3 is 0 Å². The molecule has 0 saturated carbocycles. The number of para-hydroxylation sites is 1. The van der Waals surface area contributed by atoms with Crippen molar-refractivity contribution in [3.05, 3.63) is 89.5 Å². The summed E-state index contributed by atoms with van der Waals surface area (Å²) in [5, 5.41) is 0.477. The molecule has 4 rings (SSSR count). The zero-order chi connectivity index (χ0) is 22.6. The summed E-state index contributed by atoms with van der Waals surface area (Å²) in [7, 11) is -3.69. The van der Waals surface area contributed by atoms with E-state index in [4.69, 9.17) is 11.6 Å². The molecule has 1 fully saturated rings. The number of anilines is 1. The molecule has 168 valence electrons. The van der Waals surface area contributed by atoms with Crippen molar-refractivity contribution in [1.29, 1.82) is 0 Å². The van der Waals surface area contributed by atoms with Crippen LogP contribution in [0.15, 0.2) is 78.0 Å². The summed E-state index contributed by atoms with van der Waals surface area (Å²) >= 11 is 5.88. The molecule has 1 aliphatic rings. The lowest BCUT2D eigenvalue weighted by Crippen LogP contribution is -2.50. The molecular weight excluding hydrogens is 451 g/mol. The number of rotatable bonds is 7. The van der Waals surface area contributed by atoms with E-state index in [0.29, 0.717) is 36.9 Å². The van der Waals surface area contributed by atoms with Crippen LogP contribution in [0, 0.1) is 5.82 Å². The number of piperazine rings is 1. The lowest BCUT2D eigenvalue weighted by molar-refractivity contribution is 0.186. The van der Waals surface area contributed by atoms with Gasteiger partial charge in [-0.3, -0.25) is 9.88 Å². The van der Waals surface area contributed by atoms with E-state index in [2.05, 4.69) is 14.6 Å². The summed E-state index contributed by atoms with van der Waals surface area (Å²) in [6.45, 7) is 2.80. The maximum Gasteiger partial charge on any atom is 0.240 e. The molecule has 0 bridgehead atoms. The van der Waals surface area contributed by atoms with Crippen molar-refractivity contribution in [3.8, 4) is 0 Å². The van der Waals surface area contributed by atoms with Gasteiger partial charge < -0.3 is 4.90 Å². The maximum atomic E-state index is 14.2. The predicted octanol–water partition coefficient (Wildman–Crippen LogP) is 3.72. The Balaban J connectivity index is 1.48. The third-order valence-electron chi connectivity index (χ3n) is 5.61. The monoisotopic (exact) mass is 474 g/mol. The fourth-order valence-corrected chi connectivity index (χ4v) is 5.06. The van der Waals surface area contributed by atoms with E-state index in [-0.39, 0.29) is 23.3 Å². The average molecular weight is 475 g/mol. The highest BCUT2D eigenvalue weighted by Gasteiger charge is 2.28. The second-order valence-electron chi connectivity index (χ2n) is 7.58. The predicted molar refractivity (Wildman–Crippen MR) is 124 cm³/mol. The van der Waals surface area contributed by atoms with Crippen LogP contribution in [0.3, 0.4) is 0 Å². The lowest BCUT2D eigenvalue weighted by Gasteiger charge is -2.40. The molecule has 1 saturated heterocycles. The Bertz CT molecular complexity index is 1140. The molecule has 0 unspecified atom stereocenters. The normalized spacial score (nSPS) is 16.1. The molecule has 6 nitrogen and oxygen atoms in total. The third-order valence-corrected chi connectivity index (χ3v) is 7.30. The second-order valence-corrected chi connectivity index (χ2v) is 9.79. The van der Waals surface area contributed by atoms with Crippen molar-refractivity contribution in [3.63, 3.8) is 0 Å². The van der Waals surface area contributed by atoms with E-state index in [1.807, 2.05) is 23.1 Å². The maximum absolute atomic E-state index is 14.2. The van der Waals surface area contributed by atoms with Gasteiger partial charge in [-0.2, -0.15) is 0 Å². The van der Waals surface area contributed by atoms with Gasteiger partial charge in [0.1, 0.15) is 5.82 Å². The molecule has 1 atom stereocenters. The van der Waals surface area contributed by atoms with Crippen LogP contribution < -0.4 is 9.62 Å². The van der Waals surface area contributed by atoms with Gasteiger partial charge in [0.25, 0.3) is 0 Å². The van der Waals surface area contributed by atoms with Crippen molar-refractivity contribution >= 4 is 27.3 Å². The summed E-state index contributed by atoms with van der Waals surface area (Å²) < 4.78 is 42.5. The Morgan fingerprint density at radius 1 is 1.00 bits per heavy atom. The summed E-state index contributed by atoms with van der Waals surface area (Å²) in [6, 6.07) is 16.4. The number of nitrogens with one attached hydrogen (secondary N) is 1. The molecule has 0 radical (unpaired) electrons. The van der Waals surface area contributed by atoms with Crippen molar-refractivity contribution in [2.45, 2.75) is 10.9 Å². The van der Waals surface area contributed by atoms with Gasteiger partial charge in [-0.1, -0.05) is 29.8 Å². The van der Waals surface area contributed by atoms with Gasteiger partial charge in [-0.05, 0) is 48.0 Å². The zero-order valence-electron chi connectivity index (χ0n) is 17.4. The number of hydrogen-bond acceptors (Lipinski definition) is 5. The SMILES string of the molecule is O=S(=O)(NC[C@H](c1cccnc1)N1CCN(c2ccccc2F)CC1)c1ccc(Cl)cc1. The van der Waals surface area contributed by atoms with Gasteiger partial charge in [0, 0.05) is 50.1 Å². The largest absolute Gasteiger partial charge is 0.367 e. The van der Waals surface area contributed by atoms with E-state index in [1.54, 1.807) is 36.7 Å². The van der Waals surface area contributed by atoms with Crippen molar-refractivity contribution in [2.24, 2.45) is 0 Å². The highest BCUT2D eigenvalue weighted by atomic mass is 35.5. The minimum absolute atomic E-state index is 0.163. The molecule has 0 amide bonds. The molecule has 2 aromatic carbocycles. The number of nitrogens with zero attached hydrogens (tertiary/aromatic N) is 3. The number of halogens is 2. The molecular formula is C23H24ClFN4O2S. The van der Waals surface area contributed by atoms with Gasteiger partial charge in [0.15, 0.2) is 0 Å². The van der Waals surface area contributed by atoms with Crippen LogP contribution in [0.5, 0.6) is 0 Å². The molecule has 9 heteroatoms. The zero-order valence-corrected chi connectivity index (χ0v) is 18.9. The van der Waals surface area contributed by atoms with Gasteiger partial charge in [0.2, 0.25) is 10.0 Å². The molecule has 0 aliphatic carbocycles. The molecule has 0 spiro atoms. The molecule has 2 heterocycles. The van der Waals surface area contributed by atoms with E-state index in [0.717, 1.165) is 5.56 Å². The van der Waals surface area contributed by atoms with Crippen molar-refractivity contribution in [2.75, 3.05) is 37.6 Å². The number of aromatic nitrogens is 1. The van der Waals surface area contributed by atoms with Crippen LogP contribution >= 0.6 is 11.6 Å². The first-order valence-corrected chi connectivity index (χ1v) is 12.2. The first-order valence-electron chi connectivity index (χ1n) is 10.3. The Labute approximate surface area is 192 Å². The average Bonchev–Trinajstić information content (AvgIpc) is 2.81. The van der Waals surface area contributed by atoms with E-state index >= 15 is 0 Å². The van der Waals surface area contributed by atoms with Crippen LogP contribution in [0.2, 0.25) is 5.02 Å². The third kappa shape index (κ3) is 5.27. The topological polar surface area (TPSA) is 65.5 Å². The molecule has 3 aromatic rings. The number of hydrogen-bond donors (Lipinski definition) is 1. The number of sulfonamides is 1. The van der Waals surface area contributed by atoms with Gasteiger partial charge in [0.05, 0.1) is 16.6 Å². The minimum Gasteiger partial charge on any atom is -0.367 e. The second kappa shape index (κ2) is 9.95. The molecule has 1 N–H and O–H groups in total. The highest BCUT2D eigenvalue weighted by molar-refractivity contribution is 7.89.